The van der Waals surface area contributed by atoms with Gasteiger partial charge in [-0.15, -0.1) is 0 Å². The fraction of sp³-hybridized carbons (Fsp3) is 0.417. The van der Waals surface area contributed by atoms with Crippen LogP contribution in [0.1, 0.15) is 17.3 Å². The number of anilines is 2. The fourth-order valence-electron chi connectivity index (χ4n) is 1.65. The first kappa shape index (κ1) is 13.3. The maximum absolute atomic E-state index is 11.0. The molecule has 1 aromatic rings. The van der Waals surface area contributed by atoms with Crippen LogP contribution in [0.4, 0.5) is 11.4 Å². The van der Waals surface area contributed by atoms with Gasteiger partial charge in [0.2, 0.25) is 5.91 Å². The second-order valence-corrected chi connectivity index (χ2v) is 3.71. The summed E-state index contributed by atoms with van der Waals surface area (Å²) in [7, 11) is 1.66. The predicted molar refractivity (Wildman–Crippen MR) is 69.1 cm³/mol. The molecule has 0 unspecified atom stereocenters. The number of primary amides is 1. The quantitative estimate of drug-likeness (QED) is 0.718. The molecule has 5 heteroatoms. The molecule has 0 bridgehead atoms. The monoisotopic (exact) mass is 237 g/mol. The molecule has 0 aliphatic rings. The zero-order chi connectivity index (χ0) is 12.8. The SMILES string of the molecule is CCN(CCOC)c1ccc(C(N)=O)cc1N. The molecule has 0 heterocycles. The number of benzene rings is 1. The van der Waals surface area contributed by atoms with Gasteiger partial charge in [-0.1, -0.05) is 0 Å². The maximum atomic E-state index is 11.0. The topological polar surface area (TPSA) is 81.6 Å². The summed E-state index contributed by atoms with van der Waals surface area (Å²) in [6.45, 7) is 4.25. The molecule has 1 amide bonds. The molecule has 0 aromatic heterocycles. The number of likely N-dealkylation sites (N-methyl/N-ethyl adjacent to an activating group) is 1. The van der Waals surface area contributed by atoms with Crippen molar-refractivity contribution < 1.29 is 9.53 Å². The summed E-state index contributed by atoms with van der Waals surface area (Å²) in [6, 6.07) is 5.10. The highest BCUT2D eigenvalue weighted by Crippen LogP contribution is 2.24. The second-order valence-electron chi connectivity index (χ2n) is 3.71. The Morgan fingerprint density at radius 1 is 1.47 bits per heavy atom. The van der Waals surface area contributed by atoms with Crippen LogP contribution >= 0.6 is 0 Å². The molecule has 94 valence electrons. The molecule has 0 spiro atoms. The minimum absolute atomic E-state index is 0.425. The molecule has 0 aliphatic carbocycles. The van der Waals surface area contributed by atoms with Gasteiger partial charge in [0.05, 0.1) is 18.0 Å². The summed E-state index contributed by atoms with van der Waals surface area (Å²) in [5, 5.41) is 0. The van der Waals surface area contributed by atoms with E-state index in [4.69, 9.17) is 16.2 Å². The molecule has 0 aliphatic heterocycles. The number of amides is 1. The Morgan fingerprint density at radius 3 is 2.65 bits per heavy atom. The number of nitrogen functional groups attached to an aromatic ring is 1. The molecular formula is C12H19N3O2. The molecule has 1 aromatic carbocycles. The average Bonchev–Trinajstić information content (AvgIpc) is 2.31. The highest BCUT2D eigenvalue weighted by molar-refractivity contribution is 5.94. The molecule has 17 heavy (non-hydrogen) atoms. The van der Waals surface area contributed by atoms with Gasteiger partial charge < -0.3 is 21.1 Å². The van der Waals surface area contributed by atoms with Crippen molar-refractivity contribution in [3.05, 3.63) is 23.8 Å². The van der Waals surface area contributed by atoms with Crippen LogP contribution in [0.5, 0.6) is 0 Å². The lowest BCUT2D eigenvalue weighted by molar-refractivity contribution is 0.100. The Labute approximate surface area is 101 Å². The number of ether oxygens (including phenoxy) is 1. The lowest BCUT2D eigenvalue weighted by atomic mass is 10.1. The van der Waals surface area contributed by atoms with Crippen LogP contribution < -0.4 is 16.4 Å². The predicted octanol–water partition coefficient (Wildman–Crippen LogP) is 0.840. The van der Waals surface area contributed by atoms with Crippen LogP contribution in [-0.4, -0.2) is 32.7 Å². The van der Waals surface area contributed by atoms with Crippen LogP contribution in [0, 0.1) is 0 Å². The minimum Gasteiger partial charge on any atom is -0.397 e. The minimum atomic E-state index is -0.469. The van der Waals surface area contributed by atoms with Gasteiger partial charge in [0.1, 0.15) is 0 Å². The average molecular weight is 237 g/mol. The van der Waals surface area contributed by atoms with Gasteiger partial charge >= 0.3 is 0 Å². The highest BCUT2D eigenvalue weighted by atomic mass is 16.5. The van der Waals surface area contributed by atoms with Crippen molar-refractivity contribution in [3.8, 4) is 0 Å². The maximum Gasteiger partial charge on any atom is 0.248 e. The zero-order valence-corrected chi connectivity index (χ0v) is 10.3. The van der Waals surface area contributed by atoms with Crippen molar-refractivity contribution in [3.63, 3.8) is 0 Å². The molecule has 0 saturated carbocycles. The van der Waals surface area contributed by atoms with Crippen molar-refractivity contribution in [1.29, 1.82) is 0 Å². The van der Waals surface area contributed by atoms with Gasteiger partial charge in [-0.05, 0) is 25.1 Å². The first-order valence-electron chi connectivity index (χ1n) is 5.53. The van der Waals surface area contributed by atoms with Gasteiger partial charge in [-0.3, -0.25) is 4.79 Å². The fourth-order valence-corrected chi connectivity index (χ4v) is 1.65. The Hall–Kier alpha value is -1.75. The third-order valence-electron chi connectivity index (χ3n) is 2.60. The van der Waals surface area contributed by atoms with E-state index in [-0.39, 0.29) is 0 Å². The Morgan fingerprint density at radius 2 is 2.18 bits per heavy atom. The summed E-state index contributed by atoms with van der Waals surface area (Å²) in [4.78, 5) is 13.1. The number of hydrogen-bond acceptors (Lipinski definition) is 4. The summed E-state index contributed by atoms with van der Waals surface area (Å²) in [5.74, 6) is -0.469. The van der Waals surface area contributed by atoms with E-state index < -0.39 is 5.91 Å². The zero-order valence-electron chi connectivity index (χ0n) is 10.3. The van der Waals surface area contributed by atoms with Crippen LogP contribution in [0.15, 0.2) is 18.2 Å². The van der Waals surface area contributed by atoms with Gasteiger partial charge in [-0.2, -0.15) is 0 Å². The molecule has 0 atom stereocenters. The number of hydrogen-bond donors (Lipinski definition) is 2. The van der Waals surface area contributed by atoms with Crippen LogP contribution in [-0.2, 0) is 4.74 Å². The van der Waals surface area contributed by atoms with E-state index >= 15 is 0 Å². The van der Waals surface area contributed by atoms with Crippen LogP contribution in [0.2, 0.25) is 0 Å². The van der Waals surface area contributed by atoms with Crippen LogP contribution in [0.3, 0.4) is 0 Å². The first-order chi connectivity index (χ1) is 8.10. The van der Waals surface area contributed by atoms with Gasteiger partial charge in [-0.25, -0.2) is 0 Å². The van der Waals surface area contributed by atoms with Crippen LogP contribution in [0.25, 0.3) is 0 Å². The van der Waals surface area contributed by atoms with E-state index in [1.54, 1.807) is 19.2 Å². The molecule has 0 radical (unpaired) electrons. The van der Waals surface area contributed by atoms with E-state index in [0.29, 0.717) is 17.9 Å². The van der Waals surface area contributed by atoms with Gasteiger partial charge in [0.15, 0.2) is 0 Å². The smallest absolute Gasteiger partial charge is 0.248 e. The van der Waals surface area contributed by atoms with Crippen molar-refractivity contribution in [2.24, 2.45) is 5.73 Å². The number of nitrogens with zero attached hydrogens (tertiary/aromatic N) is 1. The van der Waals surface area contributed by atoms with E-state index in [2.05, 4.69) is 4.90 Å². The molecule has 0 saturated heterocycles. The normalized spacial score (nSPS) is 10.2. The number of carbonyl (C=O) groups excluding carboxylic acids is 1. The highest BCUT2D eigenvalue weighted by Gasteiger charge is 2.10. The van der Waals surface area contributed by atoms with Crippen molar-refractivity contribution in [1.82, 2.24) is 0 Å². The number of rotatable bonds is 6. The Kier molecular flexibility index (Phi) is 4.78. The molecule has 4 N–H and O–H groups in total. The first-order valence-corrected chi connectivity index (χ1v) is 5.53. The van der Waals surface area contributed by atoms with E-state index in [9.17, 15) is 4.79 Å². The van der Waals surface area contributed by atoms with Gasteiger partial charge in [0.25, 0.3) is 0 Å². The second kappa shape index (κ2) is 6.10. The summed E-state index contributed by atoms with van der Waals surface area (Å²) in [6.07, 6.45) is 0. The largest absolute Gasteiger partial charge is 0.397 e. The third kappa shape index (κ3) is 3.35. The van der Waals surface area contributed by atoms with E-state index in [1.807, 2.05) is 13.0 Å². The molecular weight excluding hydrogens is 218 g/mol. The summed E-state index contributed by atoms with van der Waals surface area (Å²) in [5.41, 5.74) is 13.0. The standard InChI is InChI=1S/C12H19N3O2/c1-3-15(6-7-17-2)11-5-4-9(12(14)16)8-10(11)13/h4-5,8H,3,6-7,13H2,1-2H3,(H2,14,16). The number of nitrogens with two attached hydrogens (primary N) is 2. The Balaban J connectivity index is 2.92. The third-order valence-corrected chi connectivity index (χ3v) is 2.60. The van der Waals surface area contributed by atoms with Crippen molar-refractivity contribution in [2.75, 3.05) is 37.4 Å². The molecule has 1 rings (SSSR count). The van der Waals surface area contributed by atoms with E-state index in [1.165, 1.54) is 0 Å². The summed E-state index contributed by atoms with van der Waals surface area (Å²) < 4.78 is 5.04. The van der Waals surface area contributed by atoms with Crippen molar-refractivity contribution in [2.45, 2.75) is 6.92 Å². The van der Waals surface area contributed by atoms with Crippen molar-refractivity contribution >= 4 is 17.3 Å². The summed E-state index contributed by atoms with van der Waals surface area (Å²) >= 11 is 0. The molecule has 5 nitrogen and oxygen atoms in total. The lowest BCUT2D eigenvalue weighted by Crippen LogP contribution is -2.27. The number of carbonyl (C=O) groups is 1. The Bertz CT molecular complexity index is 393. The lowest BCUT2D eigenvalue weighted by Gasteiger charge is -2.24. The van der Waals surface area contributed by atoms with E-state index in [0.717, 1.165) is 18.8 Å². The van der Waals surface area contributed by atoms with Gasteiger partial charge in [0, 0.05) is 25.8 Å². The number of methoxy groups -OCH3 is 1. The molecule has 0 fully saturated rings.